The molecule has 0 saturated carbocycles. The lowest BCUT2D eigenvalue weighted by Gasteiger charge is -2.00. The van der Waals surface area contributed by atoms with Crippen LogP contribution in [0, 0.1) is 6.92 Å². The van der Waals surface area contributed by atoms with E-state index in [-0.39, 0.29) is 0 Å². The third kappa shape index (κ3) is 2.51. The second kappa shape index (κ2) is 4.07. The normalized spacial score (nSPS) is 13.9. The molecule has 66 valence electrons. The molecule has 1 atom stereocenters. The fourth-order valence-corrected chi connectivity index (χ4v) is 0.797. The van der Waals surface area contributed by atoms with Crippen LogP contribution in [0.25, 0.3) is 6.08 Å². The second-order valence-corrected chi connectivity index (χ2v) is 2.81. The highest BCUT2D eigenvalue weighted by atomic mass is 16.5. The molecule has 0 aliphatic carbocycles. The molecule has 0 aliphatic heterocycles. The first kappa shape index (κ1) is 9.00. The van der Waals surface area contributed by atoms with E-state index in [4.69, 9.17) is 4.52 Å². The number of hydrogen-bond acceptors (Lipinski definition) is 3. The van der Waals surface area contributed by atoms with Crippen LogP contribution >= 0.6 is 0 Å². The van der Waals surface area contributed by atoms with E-state index in [9.17, 15) is 0 Å². The van der Waals surface area contributed by atoms with Crippen molar-refractivity contribution in [1.29, 1.82) is 0 Å². The number of aromatic nitrogens is 1. The number of rotatable bonds is 3. The second-order valence-electron chi connectivity index (χ2n) is 2.81. The van der Waals surface area contributed by atoms with E-state index in [2.05, 4.69) is 17.4 Å². The molecule has 1 heterocycles. The van der Waals surface area contributed by atoms with Crippen molar-refractivity contribution in [2.75, 3.05) is 7.05 Å². The van der Waals surface area contributed by atoms with Crippen molar-refractivity contribution in [1.82, 2.24) is 10.5 Å². The lowest BCUT2D eigenvalue weighted by molar-refractivity contribution is 0.408. The Morgan fingerprint density at radius 2 is 2.42 bits per heavy atom. The molecule has 0 bridgehead atoms. The molecule has 3 heteroatoms. The highest BCUT2D eigenvalue weighted by molar-refractivity contribution is 5.43. The van der Waals surface area contributed by atoms with Gasteiger partial charge in [0.2, 0.25) is 0 Å². The van der Waals surface area contributed by atoms with Crippen molar-refractivity contribution in [2.45, 2.75) is 19.9 Å². The minimum Gasteiger partial charge on any atom is -0.357 e. The summed E-state index contributed by atoms with van der Waals surface area (Å²) in [6, 6.07) is 2.26. The van der Waals surface area contributed by atoms with Crippen molar-refractivity contribution in [3.63, 3.8) is 0 Å². The fourth-order valence-electron chi connectivity index (χ4n) is 0.797. The predicted molar refractivity (Wildman–Crippen MR) is 48.8 cm³/mol. The van der Waals surface area contributed by atoms with Crippen LogP contribution in [-0.4, -0.2) is 18.2 Å². The maximum atomic E-state index is 4.99. The summed E-state index contributed by atoms with van der Waals surface area (Å²) in [5, 5.41) is 6.87. The molecule has 12 heavy (non-hydrogen) atoms. The summed E-state index contributed by atoms with van der Waals surface area (Å²) in [7, 11) is 1.92. The average Bonchev–Trinajstić information content (AvgIpc) is 2.47. The van der Waals surface area contributed by atoms with Gasteiger partial charge in [-0.25, -0.2) is 0 Å². The Kier molecular flexibility index (Phi) is 3.05. The van der Waals surface area contributed by atoms with Crippen LogP contribution < -0.4 is 5.32 Å². The quantitative estimate of drug-likeness (QED) is 0.741. The van der Waals surface area contributed by atoms with Crippen LogP contribution in [0.4, 0.5) is 0 Å². The van der Waals surface area contributed by atoms with Gasteiger partial charge in [0.05, 0.1) is 5.69 Å². The highest BCUT2D eigenvalue weighted by Crippen LogP contribution is 2.04. The summed E-state index contributed by atoms with van der Waals surface area (Å²) in [6.45, 7) is 3.97. The molecule has 0 fully saturated rings. The van der Waals surface area contributed by atoms with Gasteiger partial charge in [-0.1, -0.05) is 11.2 Å². The first-order chi connectivity index (χ1) is 5.72. The zero-order valence-electron chi connectivity index (χ0n) is 7.66. The topological polar surface area (TPSA) is 38.1 Å². The van der Waals surface area contributed by atoms with Gasteiger partial charge < -0.3 is 9.84 Å². The smallest absolute Gasteiger partial charge is 0.159 e. The molecule has 1 rings (SSSR count). The van der Waals surface area contributed by atoms with Gasteiger partial charge >= 0.3 is 0 Å². The standard InChI is InChI=1S/C9H14N2O/c1-7(10-3)4-5-9-6-8(2)11-12-9/h4-7,10H,1-3H3/b5-4+. The van der Waals surface area contributed by atoms with Crippen molar-refractivity contribution in [2.24, 2.45) is 0 Å². The third-order valence-electron chi connectivity index (χ3n) is 1.65. The van der Waals surface area contributed by atoms with Gasteiger partial charge in [-0.2, -0.15) is 0 Å². The maximum Gasteiger partial charge on any atom is 0.159 e. The van der Waals surface area contributed by atoms with Gasteiger partial charge in [-0.15, -0.1) is 0 Å². The van der Waals surface area contributed by atoms with Gasteiger partial charge in [0.25, 0.3) is 0 Å². The van der Waals surface area contributed by atoms with Crippen LogP contribution in [0.15, 0.2) is 16.7 Å². The Balaban J connectivity index is 2.57. The Bertz CT molecular complexity index is 265. The van der Waals surface area contributed by atoms with E-state index >= 15 is 0 Å². The van der Waals surface area contributed by atoms with Crippen LogP contribution in [0.3, 0.4) is 0 Å². The van der Waals surface area contributed by atoms with E-state index in [1.807, 2.05) is 32.2 Å². The molecule has 1 unspecified atom stereocenters. The molecular formula is C9H14N2O. The van der Waals surface area contributed by atoms with Crippen molar-refractivity contribution >= 4 is 6.08 Å². The Hall–Kier alpha value is -1.09. The third-order valence-corrected chi connectivity index (χ3v) is 1.65. The highest BCUT2D eigenvalue weighted by Gasteiger charge is 1.95. The first-order valence-electron chi connectivity index (χ1n) is 4.01. The molecule has 0 spiro atoms. The van der Waals surface area contributed by atoms with Crippen LogP contribution in [0.5, 0.6) is 0 Å². The van der Waals surface area contributed by atoms with E-state index in [0.717, 1.165) is 11.5 Å². The minimum absolute atomic E-state index is 0.357. The fraction of sp³-hybridized carbons (Fsp3) is 0.444. The molecule has 0 aliphatic rings. The van der Waals surface area contributed by atoms with Gasteiger partial charge in [0.1, 0.15) is 0 Å². The summed E-state index contributed by atoms with van der Waals surface area (Å²) in [4.78, 5) is 0. The summed E-state index contributed by atoms with van der Waals surface area (Å²) in [6.07, 6.45) is 3.95. The van der Waals surface area contributed by atoms with Crippen molar-refractivity contribution in [3.8, 4) is 0 Å². The number of nitrogens with one attached hydrogen (secondary N) is 1. The van der Waals surface area contributed by atoms with E-state index in [0.29, 0.717) is 6.04 Å². The number of nitrogens with zero attached hydrogens (tertiary/aromatic N) is 1. The molecule has 0 radical (unpaired) electrons. The molecule has 0 amide bonds. The van der Waals surface area contributed by atoms with Crippen molar-refractivity contribution in [3.05, 3.63) is 23.6 Å². The SMILES string of the molecule is CNC(C)/C=C/c1cc(C)no1. The number of hydrogen-bond donors (Lipinski definition) is 1. The van der Waals surface area contributed by atoms with Gasteiger partial charge in [-0.3, -0.25) is 0 Å². The van der Waals surface area contributed by atoms with Crippen LogP contribution in [0.1, 0.15) is 18.4 Å². The largest absolute Gasteiger partial charge is 0.357 e. The Morgan fingerprint density at radius 1 is 1.67 bits per heavy atom. The van der Waals surface area contributed by atoms with Crippen molar-refractivity contribution < 1.29 is 4.52 Å². The lowest BCUT2D eigenvalue weighted by atomic mass is 10.3. The number of aryl methyl sites for hydroxylation is 1. The van der Waals surface area contributed by atoms with E-state index in [1.165, 1.54) is 0 Å². The summed E-state index contributed by atoms with van der Waals surface area (Å²) < 4.78 is 4.99. The van der Waals surface area contributed by atoms with Gasteiger partial charge in [0, 0.05) is 12.1 Å². The maximum absolute atomic E-state index is 4.99. The zero-order valence-corrected chi connectivity index (χ0v) is 7.66. The van der Waals surface area contributed by atoms with Crippen LogP contribution in [-0.2, 0) is 0 Å². The monoisotopic (exact) mass is 166 g/mol. The molecular weight excluding hydrogens is 152 g/mol. The van der Waals surface area contributed by atoms with Gasteiger partial charge in [0.15, 0.2) is 5.76 Å². The minimum atomic E-state index is 0.357. The molecule has 1 N–H and O–H groups in total. The van der Waals surface area contributed by atoms with Crippen LogP contribution in [0.2, 0.25) is 0 Å². The van der Waals surface area contributed by atoms with Gasteiger partial charge in [-0.05, 0) is 27.0 Å². The lowest BCUT2D eigenvalue weighted by Crippen LogP contribution is -2.17. The molecule has 1 aromatic rings. The van der Waals surface area contributed by atoms with E-state index in [1.54, 1.807) is 0 Å². The zero-order chi connectivity index (χ0) is 8.97. The average molecular weight is 166 g/mol. The predicted octanol–water partition coefficient (Wildman–Crippen LogP) is 1.60. The Labute approximate surface area is 72.4 Å². The van der Waals surface area contributed by atoms with E-state index < -0.39 is 0 Å². The molecule has 3 nitrogen and oxygen atoms in total. The summed E-state index contributed by atoms with van der Waals surface area (Å²) >= 11 is 0. The Morgan fingerprint density at radius 3 is 2.92 bits per heavy atom. The number of likely N-dealkylation sites (N-methyl/N-ethyl adjacent to an activating group) is 1. The molecule has 0 aromatic carbocycles. The summed E-state index contributed by atoms with van der Waals surface area (Å²) in [5.74, 6) is 0.801. The molecule has 0 saturated heterocycles. The first-order valence-corrected chi connectivity index (χ1v) is 4.01. The summed E-state index contributed by atoms with van der Waals surface area (Å²) in [5.41, 5.74) is 0.909. The molecule has 1 aromatic heterocycles.